The van der Waals surface area contributed by atoms with Crippen molar-refractivity contribution in [1.82, 2.24) is 0 Å². The molecule has 104 valence electrons. The molecule has 0 aliphatic carbocycles. The van der Waals surface area contributed by atoms with Gasteiger partial charge < -0.3 is 5.32 Å². The summed E-state index contributed by atoms with van der Waals surface area (Å²) in [5, 5.41) is 3.89. The molecule has 0 saturated heterocycles. The summed E-state index contributed by atoms with van der Waals surface area (Å²) in [6.45, 7) is 2.99. The lowest BCUT2D eigenvalue weighted by Gasteiger charge is -2.11. The second-order valence-electron chi connectivity index (χ2n) is 4.67. The van der Waals surface area contributed by atoms with Crippen molar-refractivity contribution in [3.63, 3.8) is 0 Å². The van der Waals surface area contributed by atoms with E-state index < -0.39 is 0 Å². The van der Waals surface area contributed by atoms with Gasteiger partial charge in [0.2, 0.25) is 0 Å². The van der Waals surface area contributed by atoms with Gasteiger partial charge in [-0.25, -0.2) is 0 Å². The topological polar surface area (TPSA) is 29.1 Å². The van der Waals surface area contributed by atoms with Gasteiger partial charge in [0.05, 0.1) is 0 Å². The van der Waals surface area contributed by atoms with Gasteiger partial charge in [0.25, 0.3) is 0 Å². The van der Waals surface area contributed by atoms with Crippen LogP contribution >= 0.6 is 11.6 Å². The number of halogens is 1. The molecule has 2 nitrogen and oxygen atoms in total. The lowest BCUT2D eigenvalue weighted by Crippen LogP contribution is -2.09. The smallest absolute Gasteiger partial charge is 0.195 e. The van der Waals surface area contributed by atoms with Crippen LogP contribution in [-0.2, 0) is 0 Å². The number of anilines is 1. The number of carbonyl (C=O) groups is 1. The second-order valence-corrected chi connectivity index (χ2v) is 5.10. The van der Waals surface area contributed by atoms with Gasteiger partial charge in [-0.2, -0.15) is 0 Å². The Hall–Kier alpha value is -1.80. The Morgan fingerprint density at radius 3 is 2.60 bits per heavy atom. The summed E-state index contributed by atoms with van der Waals surface area (Å²) in [7, 11) is 0. The summed E-state index contributed by atoms with van der Waals surface area (Å²) >= 11 is 6.03. The molecule has 1 N–H and O–H groups in total. The Kier molecular flexibility index (Phi) is 5.19. The number of ketones is 1. The van der Waals surface area contributed by atoms with Gasteiger partial charge in [-0.3, -0.25) is 4.79 Å². The Morgan fingerprint density at radius 1 is 1.15 bits per heavy atom. The van der Waals surface area contributed by atoms with E-state index in [0.29, 0.717) is 16.1 Å². The first-order valence-electron chi connectivity index (χ1n) is 6.85. The van der Waals surface area contributed by atoms with E-state index in [1.54, 1.807) is 12.1 Å². The molecular formula is C17H18ClNO. The first-order chi connectivity index (χ1) is 9.72. The largest absolute Gasteiger partial charge is 0.384 e. The van der Waals surface area contributed by atoms with E-state index in [4.69, 9.17) is 11.6 Å². The van der Waals surface area contributed by atoms with Crippen LogP contribution in [0.1, 0.15) is 35.7 Å². The van der Waals surface area contributed by atoms with E-state index in [9.17, 15) is 4.79 Å². The zero-order valence-corrected chi connectivity index (χ0v) is 12.3. The van der Waals surface area contributed by atoms with Crippen molar-refractivity contribution < 1.29 is 4.79 Å². The van der Waals surface area contributed by atoms with Gasteiger partial charge in [-0.15, -0.1) is 0 Å². The summed E-state index contributed by atoms with van der Waals surface area (Å²) in [6.07, 6.45) is 2.18. The van der Waals surface area contributed by atoms with Crippen molar-refractivity contribution in [1.29, 1.82) is 0 Å². The van der Waals surface area contributed by atoms with Crippen molar-refractivity contribution in [3.8, 4) is 0 Å². The van der Waals surface area contributed by atoms with Crippen LogP contribution in [0, 0.1) is 0 Å². The molecule has 0 saturated carbocycles. The fraction of sp³-hybridized carbons (Fsp3) is 0.235. The first kappa shape index (κ1) is 14.6. The highest BCUT2D eigenvalue weighted by molar-refractivity contribution is 6.31. The van der Waals surface area contributed by atoms with Crippen LogP contribution in [0.15, 0.2) is 48.5 Å². The lowest BCUT2D eigenvalue weighted by atomic mass is 10.0. The Balaban J connectivity index is 2.29. The lowest BCUT2D eigenvalue weighted by molar-refractivity contribution is 0.103. The first-order valence-corrected chi connectivity index (χ1v) is 7.23. The summed E-state index contributed by atoms with van der Waals surface area (Å²) in [4.78, 5) is 12.6. The summed E-state index contributed by atoms with van der Waals surface area (Å²) < 4.78 is 0. The molecule has 0 aliphatic rings. The Labute approximate surface area is 124 Å². The fourth-order valence-electron chi connectivity index (χ4n) is 2.00. The number of unbranched alkanes of at least 4 members (excludes halogenated alkanes) is 1. The van der Waals surface area contributed by atoms with Crippen molar-refractivity contribution >= 4 is 23.1 Å². The van der Waals surface area contributed by atoms with Crippen LogP contribution in [0.25, 0.3) is 0 Å². The van der Waals surface area contributed by atoms with Gasteiger partial charge in [-0.05, 0) is 24.6 Å². The SMILES string of the molecule is CCCCNc1ccc(Cl)cc1C(=O)c1ccccc1. The van der Waals surface area contributed by atoms with E-state index in [-0.39, 0.29) is 5.78 Å². The fourth-order valence-corrected chi connectivity index (χ4v) is 2.18. The van der Waals surface area contributed by atoms with Crippen LogP contribution in [0.3, 0.4) is 0 Å². The van der Waals surface area contributed by atoms with Crippen LogP contribution in [-0.4, -0.2) is 12.3 Å². The number of nitrogens with one attached hydrogen (secondary N) is 1. The molecule has 0 aromatic heterocycles. The van der Waals surface area contributed by atoms with E-state index >= 15 is 0 Å². The van der Waals surface area contributed by atoms with Gasteiger partial charge >= 0.3 is 0 Å². The van der Waals surface area contributed by atoms with E-state index in [0.717, 1.165) is 25.1 Å². The third-order valence-electron chi connectivity index (χ3n) is 3.11. The van der Waals surface area contributed by atoms with Crippen molar-refractivity contribution in [2.45, 2.75) is 19.8 Å². The average molecular weight is 288 g/mol. The normalized spacial score (nSPS) is 10.3. The number of benzene rings is 2. The van der Waals surface area contributed by atoms with Gasteiger partial charge in [-0.1, -0.05) is 55.3 Å². The molecular weight excluding hydrogens is 270 g/mol. The zero-order valence-electron chi connectivity index (χ0n) is 11.5. The average Bonchev–Trinajstić information content (AvgIpc) is 2.49. The number of carbonyl (C=O) groups excluding carboxylic acids is 1. The molecule has 0 atom stereocenters. The number of hydrogen-bond acceptors (Lipinski definition) is 2. The minimum absolute atomic E-state index is 0.00732. The van der Waals surface area contributed by atoms with Crippen molar-refractivity contribution in [3.05, 3.63) is 64.7 Å². The van der Waals surface area contributed by atoms with E-state index in [1.165, 1.54) is 0 Å². The molecule has 0 aliphatic heterocycles. The predicted octanol–water partition coefficient (Wildman–Crippen LogP) is 4.78. The maximum atomic E-state index is 12.6. The maximum absolute atomic E-state index is 12.6. The van der Waals surface area contributed by atoms with Crippen LogP contribution in [0.5, 0.6) is 0 Å². The van der Waals surface area contributed by atoms with Crippen molar-refractivity contribution in [2.75, 3.05) is 11.9 Å². The molecule has 0 spiro atoms. The van der Waals surface area contributed by atoms with Gasteiger partial charge in [0.15, 0.2) is 5.78 Å². The van der Waals surface area contributed by atoms with Crippen LogP contribution in [0.4, 0.5) is 5.69 Å². The molecule has 0 unspecified atom stereocenters. The highest BCUT2D eigenvalue weighted by Gasteiger charge is 2.13. The van der Waals surface area contributed by atoms with Gasteiger partial charge in [0.1, 0.15) is 0 Å². The molecule has 20 heavy (non-hydrogen) atoms. The van der Waals surface area contributed by atoms with E-state index in [2.05, 4.69) is 12.2 Å². The maximum Gasteiger partial charge on any atom is 0.195 e. The molecule has 0 fully saturated rings. The van der Waals surface area contributed by atoms with Crippen molar-refractivity contribution in [2.24, 2.45) is 0 Å². The zero-order chi connectivity index (χ0) is 14.4. The molecule has 2 aromatic carbocycles. The second kappa shape index (κ2) is 7.11. The van der Waals surface area contributed by atoms with Crippen LogP contribution < -0.4 is 5.32 Å². The highest BCUT2D eigenvalue weighted by Crippen LogP contribution is 2.23. The molecule has 3 heteroatoms. The monoisotopic (exact) mass is 287 g/mol. The third kappa shape index (κ3) is 3.61. The minimum Gasteiger partial charge on any atom is -0.384 e. The molecule has 2 rings (SSSR count). The molecule has 0 bridgehead atoms. The highest BCUT2D eigenvalue weighted by atomic mass is 35.5. The third-order valence-corrected chi connectivity index (χ3v) is 3.34. The number of hydrogen-bond donors (Lipinski definition) is 1. The summed E-state index contributed by atoms with van der Waals surface area (Å²) in [6, 6.07) is 14.7. The molecule has 2 aromatic rings. The van der Waals surface area contributed by atoms with E-state index in [1.807, 2.05) is 36.4 Å². The van der Waals surface area contributed by atoms with Gasteiger partial charge in [0, 0.05) is 28.4 Å². The Morgan fingerprint density at radius 2 is 1.90 bits per heavy atom. The summed E-state index contributed by atoms with van der Waals surface area (Å²) in [5.74, 6) is -0.00732. The predicted molar refractivity (Wildman–Crippen MR) is 84.7 cm³/mol. The van der Waals surface area contributed by atoms with Crippen LogP contribution in [0.2, 0.25) is 5.02 Å². The molecule has 0 amide bonds. The minimum atomic E-state index is -0.00732. The quantitative estimate of drug-likeness (QED) is 0.612. The standard InChI is InChI=1S/C17H18ClNO/c1-2-3-11-19-16-10-9-14(18)12-15(16)17(20)13-7-5-4-6-8-13/h4-10,12,19H,2-3,11H2,1H3. The number of rotatable bonds is 6. The molecule has 0 radical (unpaired) electrons. The summed E-state index contributed by atoms with van der Waals surface area (Å²) in [5.41, 5.74) is 2.14. The molecule has 0 heterocycles. The Bertz CT molecular complexity index is 581.